The third kappa shape index (κ3) is 2.42. The maximum atomic E-state index is 5.91. The van der Waals surface area contributed by atoms with E-state index in [9.17, 15) is 0 Å². The molecule has 0 unspecified atom stereocenters. The van der Waals surface area contributed by atoms with E-state index in [-0.39, 0.29) is 11.6 Å². The molecule has 0 aromatic carbocycles. The molecule has 6 heteroatoms. The van der Waals surface area contributed by atoms with Crippen molar-refractivity contribution in [3.63, 3.8) is 0 Å². The highest BCUT2D eigenvalue weighted by Crippen LogP contribution is 2.41. The van der Waals surface area contributed by atoms with Gasteiger partial charge in [-0.1, -0.05) is 12.1 Å². The Bertz CT molecular complexity index is 358. The fraction of sp³-hybridized carbons (Fsp3) is 0.818. The Kier molecular flexibility index (Phi) is 3.63. The number of nitrogens with zero attached hydrogens (tertiary/aromatic N) is 2. The van der Waals surface area contributed by atoms with Gasteiger partial charge in [-0.3, -0.25) is 5.43 Å². The topological polar surface area (TPSA) is 86.2 Å². The summed E-state index contributed by atoms with van der Waals surface area (Å²) < 4.78 is 10.9. The van der Waals surface area contributed by atoms with E-state index in [1.54, 1.807) is 0 Å². The number of anilines is 1. The first-order chi connectivity index (χ1) is 8.20. The second-order valence-electron chi connectivity index (χ2n) is 4.68. The van der Waals surface area contributed by atoms with E-state index in [0.29, 0.717) is 12.4 Å². The predicted molar refractivity (Wildman–Crippen MR) is 63.0 cm³/mol. The number of aromatic nitrogens is 2. The van der Waals surface area contributed by atoms with Crippen molar-refractivity contribution in [3.8, 4) is 0 Å². The number of ether oxygens (including phenoxy) is 1. The number of nitrogens with one attached hydrogen (secondary N) is 1. The van der Waals surface area contributed by atoms with Gasteiger partial charge in [-0.25, -0.2) is 5.84 Å². The van der Waals surface area contributed by atoms with Crippen molar-refractivity contribution < 1.29 is 9.26 Å². The zero-order valence-electron chi connectivity index (χ0n) is 10.4. The zero-order chi connectivity index (χ0) is 12.3. The van der Waals surface area contributed by atoms with Gasteiger partial charge in [0.2, 0.25) is 5.82 Å². The Hall–Kier alpha value is -1.14. The van der Waals surface area contributed by atoms with Crippen LogP contribution >= 0.6 is 0 Å². The van der Waals surface area contributed by atoms with Crippen molar-refractivity contribution >= 4 is 6.01 Å². The van der Waals surface area contributed by atoms with Crippen molar-refractivity contribution in [1.29, 1.82) is 0 Å². The molecule has 1 heterocycles. The molecule has 1 aliphatic carbocycles. The second-order valence-corrected chi connectivity index (χ2v) is 4.68. The summed E-state index contributed by atoms with van der Waals surface area (Å²) in [5, 5.41) is 3.97. The lowest BCUT2D eigenvalue weighted by atomic mass is 9.79. The number of hydrazine groups is 1. The smallest absolute Gasteiger partial charge is 0.335 e. The average Bonchev–Trinajstić information content (AvgIpc) is 2.82. The Morgan fingerprint density at radius 3 is 2.76 bits per heavy atom. The van der Waals surface area contributed by atoms with E-state index in [4.69, 9.17) is 15.1 Å². The molecule has 0 amide bonds. The van der Waals surface area contributed by atoms with E-state index in [0.717, 1.165) is 31.6 Å². The van der Waals surface area contributed by atoms with Crippen molar-refractivity contribution in [2.45, 2.75) is 45.1 Å². The molecule has 0 saturated heterocycles. The molecule has 1 saturated carbocycles. The van der Waals surface area contributed by atoms with E-state index >= 15 is 0 Å². The average molecular weight is 240 g/mol. The van der Waals surface area contributed by atoms with Gasteiger partial charge in [0.05, 0.1) is 0 Å². The molecule has 1 aliphatic rings. The Morgan fingerprint density at radius 1 is 1.53 bits per heavy atom. The molecule has 0 atom stereocenters. The van der Waals surface area contributed by atoms with Crippen LogP contribution in [0, 0.1) is 5.92 Å². The number of nitrogens with two attached hydrogens (primary N) is 1. The van der Waals surface area contributed by atoms with Gasteiger partial charge < -0.3 is 9.26 Å². The Morgan fingerprint density at radius 2 is 2.24 bits per heavy atom. The first kappa shape index (κ1) is 12.3. The van der Waals surface area contributed by atoms with Crippen LogP contribution in [0.25, 0.3) is 0 Å². The number of hydrogen-bond donors (Lipinski definition) is 2. The lowest BCUT2D eigenvalue weighted by molar-refractivity contribution is -0.0847. The SMILES string of the molecule is CCOC1(c2noc(NN)n2)CCC(C)CC1. The minimum absolute atomic E-state index is 0.234. The van der Waals surface area contributed by atoms with Crippen LogP contribution in [0.3, 0.4) is 0 Å². The van der Waals surface area contributed by atoms with Crippen LogP contribution < -0.4 is 11.3 Å². The Labute approximate surface area is 101 Å². The molecule has 3 N–H and O–H groups in total. The van der Waals surface area contributed by atoms with Crippen LogP contribution in [0.5, 0.6) is 0 Å². The normalized spacial score (nSPS) is 29.2. The monoisotopic (exact) mass is 240 g/mol. The second kappa shape index (κ2) is 5.01. The van der Waals surface area contributed by atoms with E-state index < -0.39 is 0 Å². The largest absolute Gasteiger partial charge is 0.367 e. The molecule has 0 aliphatic heterocycles. The fourth-order valence-electron chi connectivity index (χ4n) is 2.40. The zero-order valence-corrected chi connectivity index (χ0v) is 10.4. The van der Waals surface area contributed by atoms with Crippen molar-refractivity contribution in [1.82, 2.24) is 10.1 Å². The highest BCUT2D eigenvalue weighted by molar-refractivity contribution is 5.18. The van der Waals surface area contributed by atoms with Gasteiger partial charge in [0.15, 0.2) is 0 Å². The van der Waals surface area contributed by atoms with Crippen LogP contribution in [-0.4, -0.2) is 16.7 Å². The lowest BCUT2D eigenvalue weighted by Crippen LogP contribution is -2.35. The standard InChI is InChI=1S/C11H20N4O2/c1-3-16-11(6-4-8(2)5-7-11)9-13-10(14-12)17-15-9/h8H,3-7,12H2,1-2H3,(H,13,14,15). The third-order valence-corrected chi connectivity index (χ3v) is 3.46. The molecular formula is C11H20N4O2. The molecule has 0 spiro atoms. The summed E-state index contributed by atoms with van der Waals surface area (Å²) in [6.07, 6.45) is 4.12. The van der Waals surface area contributed by atoms with Gasteiger partial charge >= 0.3 is 6.01 Å². The highest BCUT2D eigenvalue weighted by atomic mass is 16.5. The Balaban J connectivity index is 2.21. The quantitative estimate of drug-likeness (QED) is 0.616. The van der Waals surface area contributed by atoms with E-state index in [1.807, 2.05) is 6.92 Å². The molecule has 6 nitrogen and oxygen atoms in total. The predicted octanol–water partition coefficient (Wildman–Crippen LogP) is 1.80. The molecule has 1 aromatic rings. The summed E-state index contributed by atoms with van der Waals surface area (Å²) in [4.78, 5) is 4.23. The minimum atomic E-state index is -0.389. The summed E-state index contributed by atoms with van der Waals surface area (Å²) in [6, 6.07) is 0.234. The summed E-state index contributed by atoms with van der Waals surface area (Å²) >= 11 is 0. The first-order valence-electron chi connectivity index (χ1n) is 6.15. The van der Waals surface area contributed by atoms with Gasteiger partial charge in [0, 0.05) is 6.61 Å². The molecule has 1 aromatic heterocycles. The number of rotatable bonds is 4. The maximum Gasteiger partial charge on any atom is 0.335 e. The summed E-state index contributed by atoms with van der Waals surface area (Å²) in [6.45, 7) is 4.90. The molecular weight excluding hydrogens is 220 g/mol. The molecule has 2 rings (SSSR count). The van der Waals surface area contributed by atoms with Gasteiger partial charge in [0.25, 0.3) is 0 Å². The summed E-state index contributed by atoms with van der Waals surface area (Å²) in [7, 11) is 0. The summed E-state index contributed by atoms with van der Waals surface area (Å²) in [5.41, 5.74) is 1.97. The summed E-state index contributed by atoms with van der Waals surface area (Å²) in [5.74, 6) is 6.59. The van der Waals surface area contributed by atoms with Crippen LogP contribution in [0.1, 0.15) is 45.4 Å². The first-order valence-corrected chi connectivity index (χ1v) is 6.15. The maximum absolute atomic E-state index is 5.91. The van der Waals surface area contributed by atoms with Crippen LogP contribution in [0.2, 0.25) is 0 Å². The van der Waals surface area contributed by atoms with Gasteiger partial charge in [-0.05, 0) is 38.5 Å². The molecule has 17 heavy (non-hydrogen) atoms. The van der Waals surface area contributed by atoms with Crippen molar-refractivity contribution in [3.05, 3.63) is 5.82 Å². The van der Waals surface area contributed by atoms with Crippen LogP contribution in [0.4, 0.5) is 6.01 Å². The molecule has 96 valence electrons. The molecule has 0 bridgehead atoms. The van der Waals surface area contributed by atoms with Gasteiger partial charge in [-0.2, -0.15) is 4.98 Å². The lowest BCUT2D eigenvalue weighted by Gasteiger charge is -2.36. The van der Waals surface area contributed by atoms with Gasteiger partial charge in [-0.15, -0.1) is 0 Å². The number of hydrogen-bond acceptors (Lipinski definition) is 6. The minimum Gasteiger partial charge on any atom is -0.367 e. The molecule has 0 radical (unpaired) electrons. The van der Waals surface area contributed by atoms with E-state index in [1.165, 1.54) is 0 Å². The van der Waals surface area contributed by atoms with Gasteiger partial charge in [0.1, 0.15) is 5.60 Å². The highest BCUT2D eigenvalue weighted by Gasteiger charge is 2.40. The third-order valence-electron chi connectivity index (χ3n) is 3.46. The van der Waals surface area contributed by atoms with Crippen LogP contribution in [0.15, 0.2) is 4.52 Å². The van der Waals surface area contributed by atoms with E-state index in [2.05, 4.69) is 22.5 Å². The van der Waals surface area contributed by atoms with Crippen molar-refractivity contribution in [2.24, 2.45) is 11.8 Å². The number of nitrogen functional groups attached to an aromatic ring is 1. The van der Waals surface area contributed by atoms with Crippen LogP contribution in [-0.2, 0) is 10.3 Å². The van der Waals surface area contributed by atoms with Crippen molar-refractivity contribution in [2.75, 3.05) is 12.0 Å². The fourth-order valence-corrected chi connectivity index (χ4v) is 2.40. The molecule has 1 fully saturated rings.